The number of nitrogens with zero attached hydrogens (tertiary/aromatic N) is 1. The van der Waals surface area contributed by atoms with Crippen LogP contribution in [0.3, 0.4) is 0 Å². The van der Waals surface area contributed by atoms with Crippen molar-refractivity contribution in [2.45, 2.75) is 26.2 Å². The van der Waals surface area contributed by atoms with Gasteiger partial charge in [-0.05, 0) is 23.8 Å². The van der Waals surface area contributed by atoms with Crippen LogP contribution in [0.2, 0.25) is 0 Å². The van der Waals surface area contributed by atoms with Gasteiger partial charge in [0.05, 0.1) is 0 Å². The Hall–Kier alpha value is -2.76. The van der Waals surface area contributed by atoms with E-state index in [1.54, 1.807) is 30.6 Å². The molecule has 0 saturated carbocycles. The Morgan fingerprint density at radius 3 is 2.82 bits per heavy atom. The lowest BCUT2D eigenvalue weighted by Gasteiger charge is -2.16. The molecular weight excluding hydrogens is 282 g/mol. The second-order valence-corrected chi connectivity index (χ2v) is 5.43. The summed E-state index contributed by atoms with van der Waals surface area (Å²) < 4.78 is 11.2. The number of pyridine rings is 1. The van der Waals surface area contributed by atoms with Crippen LogP contribution in [0.5, 0.6) is 11.5 Å². The first-order valence-electron chi connectivity index (χ1n) is 6.98. The highest BCUT2D eigenvalue weighted by Gasteiger charge is 2.31. The number of carbonyl (C=O) groups is 1. The fourth-order valence-corrected chi connectivity index (χ4v) is 2.16. The molecule has 0 aliphatic carbocycles. The number of nitrogens with one attached hydrogen (secondary N) is 2. The maximum absolute atomic E-state index is 11.9. The van der Waals surface area contributed by atoms with Crippen molar-refractivity contribution < 1.29 is 14.3 Å². The van der Waals surface area contributed by atoms with Crippen molar-refractivity contribution >= 4 is 11.7 Å². The Balaban J connectivity index is 1.59. The quantitative estimate of drug-likeness (QED) is 0.914. The average Bonchev–Trinajstić information content (AvgIpc) is 2.79. The van der Waals surface area contributed by atoms with Gasteiger partial charge >= 0.3 is 6.03 Å². The second kappa shape index (κ2) is 5.55. The first-order valence-corrected chi connectivity index (χ1v) is 6.98. The number of rotatable bonds is 3. The van der Waals surface area contributed by atoms with Crippen molar-refractivity contribution in [3.8, 4) is 11.5 Å². The third kappa shape index (κ3) is 3.28. The van der Waals surface area contributed by atoms with Gasteiger partial charge in [-0.15, -0.1) is 0 Å². The number of ether oxygens (including phenoxy) is 2. The van der Waals surface area contributed by atoms with Crippen molar-refractivity contribution in [1.29, 1.82) is 0 Å². The largest absolute Gasteiger partial charge is 0.449 e. The highest BCUT2D eigenvalue weighted by Crippen LogP contribution is 2.40. The molecule has 1 aromatic heterocycles. The van der Waals surface area contributed by atoms with Gasteiger partial charge in [-0.3, -0.25) is 4.98 Å². The predicted octanol–water partition coefficient (Wildman–Crippen LogP) is 2.91. The molecule has 2 heterocycles. The molecule has 2 N–H and O–H groups in total. The van der Waals surface area contributed by atoms with Crippen molar-refractivity contribution in [2.24, 2.45) is 0 Å². The zero-order valence-electron chi connectivity index (χ0n) is 12.4. The Labute approximate surface area is 128 Å². The number of carbonyl (C=O) groups excluding carboxylic acids is 1. The summed E-state index contributed by atoms with van der Waals surface area (Å²) in [6, 6.07) is 8.73. The van der Waals surface area contributed by atoms with Crippen LogP contribution in [0.15, 0.2) is 42.7 Å². The summed E-state index contributed by atoms with van der Waals surface area (Å²) in [4.78, 5) is 15.9. The fourth-order valence-electron chi connectivity index (χ4n) is 2.16. The van der Waals surface area contributed by atoms with E-state index in [2.05, 4.69) is 15.6 Å². The van der Waals surface area contributed by atoms with Crippen LogP contribution in [0, 0.1) is 0 Å². The highest BCUT2D eigenvalue weighted by molar-refractivity contribution is 5.89. The molecule has 0 unspecified atom stereocenters. The van der Waals surface area contributed by atoms with Crippen LogP contribution >= 0.6 is 0 Å². The summed E-state index contributed by atoms with van der Waals surface area (Å²) in [5.74, 6) is 0.616. The van der Waals surface area contributed by atoms with E-state index in [0.717, 1.165) is 5.56 Å². The first-order chi connectivity index (χ1) is 10.5. The van der Waals surface area contributed by atoms with E-state index in [4.69, 9.17) is 9.47 Å². The average molecular weight is 299 g/mol. The molecule has 1 aliphatic rings. The van der Waals surface area contributed by atoms with Gasteiger partial charge in [0, 0.05) is 44.5 Å². The topological polar surface area (TPSA) is 72.5 Å². The number of fused-ring (bicyclic) bond motifs is 1. The van der Waals surface area contributed by atoms with Crippen LogP contribution in [-0.2, 0) is 6.54 Å². The van der Waals surface area contributed by atoms with Gasteiger partial charge in [-0.1, -0.05) is 6.07 Å². The third-order valence-corrected chi connectivity index (χ3v) is 3.09. The molecule has 2 amide bonds. The second-order valence-electron chi connectivity index (χ2n) is 5.43. The number of anilines is 1. The van der Waals surface area contributed by atoms with Gasteiger partial charge in [0.1, 0.15) is 0 Å². The molecule has 0 saturated heterocycles. The molecule has 114 valence electrons. The predicted molar refractivity (Wildman–Crippen MR) is 81.9 cm³/mol. The van der Waals surface area contributed by atoms with Crippen LogP contribution in [-0.4, -0.2) is 16.8 Å². The fraction of sp³-hybridized carbons (Fsp3) is 0.250. The lowest BCUT2D eigenvalue weighted by Crippen LogP contribution is -2.29. The van der Waals surface area contributed by atoms with Gasteiger partial charge in [0.15, 0.2) is 11.5 Å². The van der Waals surface area contributed by atoms with Crippen LogP contribution in [0.4, 0.5) is 10.5 Å². The molecule has 0 fully saturated rings. The normalized spacial score (nSPS) is 14.5. The number of aromatic nitrogens is 1. The van der Waals surface area contributed by atoms with Crippen LogP contribution in [0.1, 0.15) is 19.4 Å². The van der Waals surface area contributed by atoms with E-state index in [1.165, 1.54) is 0 Å². The van der Waals surface area contributed by atoms with Gasteiger partial charge in [0.2, 0.25) is 5.79 Å². The number of urea groups is 1. The Kier molecular flexibility index (Phi) is 3.58. The molecule has 1 aromatic carbocycles. The molecule has 0 atom stereocenters. The molecule has 22 heavy (non-hydrogen) atoms. The minimum Gasteiger partial charge on any atom is -0.449 e. The lowest BCUT2D eigenvalue weighted by molar-refractivity contribution is -0.0431. The number of benzene rings is 1. The maximum Gasteiger partial charge on any atom is 0.319 e. The number of amides is 2. The van der Waals surface area contributed by atoms with Gasteiger partial charge in [0.25, 0.3) is 0 Å². The summed E-state index contributed by atoms with van der Waals surface area (Å²) in [7, 11) is 0. The minimum atomic E-state index is -0.677. The molecule has 0 radical (unpaired) electrons. The standard InChI is InChI=1S/C16H17N3O3/c1-16(2)21-13-6-5-12(8-14(13)22-16)19-15(20)18-10-11-4-3-7-17-9-11/h3-9H,10H2,1-2H3,(H2,18,19,20). The Morgan fingerprint density at radius 1 is 1.23 bits per heavy atom. The van der Waals surface area contributed by atoms with Crippen LogP contribution < -0.4 is 20.1 Å². The van der Waals surface area contributed by atoms with Crippen molar-refractivity contribution in [3.05, 3.63) is 48.3 Å². The van der Waals surface area contributed by atoms with Gasteiger partial charge in [-0.25, -0.2) is 4.79 Å². The molecule has 3 rings (SSSR count). The number of hydrogen-bond acceptors (Lipinski definition) is 4. The van der Waals surface area contributed by atoms with Gasteiger partial charge in [-0.2, -0.15) is 0 Å². The first kappa shape index (κ1) is 14.2. The van der Waals surface area contributed by atoms with E-state index in [9.17, 15) is 4.79 Å². The molecular formula is C16H17N3O3. The van der Waals surface area contributed by atoms with Gasteiger partial charge < -0.3 is 20.1 Å². The van der Waals surface area contributed by atoms with E-state index in [1.807, 2.05) is 26.0 Å². The lowest BCUT2D eigenvalue weighted by atomic mass is 10.3. The van der Waals surface area contributed by atoms with E-state index < -0.39 is 5.79 Å². The zero-order valence-corrected chi connectivity index (χ0v) is 12.4. The molecule has 0 bridgehead atoms. The summed E-state index contributed by atoms with van der Waals surface area (Å²) in [6.07, 6.45) is 3.40. The maximum atomic E-state index is 11.9. The van der Waals surface area contributed by atoms with E-state index in [-0.39, 0.29) is 6.03 Å². The Morgan fingerprint density at radius 2 is 2.05 bits per heavy atom. The van der Waals surface area contributed by atoms with Crippen molar-refractivity contribution in [2.75, 3.05) is 5.32 Å². The summed E-state index contributed by atoms with van der Waals surface area (Å²) in [6.45, 7) is 4.08. The summed E-state index contributed by atoms with van der Waals surface area (Å²) in [5, 5.41) is 5.53. The molecule has 2 aromatic rings. The minimum absolute atomic E-state index is 0.290. The smallest absolute Gasteiger partial charge is 0.319 e. The Bertz CT molecular complexity index is 686. The molecule has 6 heteroatoms. The molecule has 6 nitrogen and oxygen atoms in total. The van der Waals surface area contributed by atoms with Crippen molar-refractivity contribution in [1.82, 2.24) is 10.3 Å². The highest BCUT2D eigenvalue weighted by atomic mass is 16.7. The summed E-state index contributed by atoms with van der Waals surface area (Å²) >= 11 is 0. The SMILES string of the molecule is CC1(C)Oc2ccc(NC(=O)NCc3cccnc3)cc2O1. The van der Waals surface area contributed by atoms with E-state index in [0.29, 0.717) is 23.7 Å². The zero-order chi connectivity index (χ0) is 15.6. The van der Waals surface area contributed by atoms with Crippen molar-refractivity contribution in [3.63, 3.8) is 0 Å². The monoisotopic (exact) mass is 299 g/mol. The van der Waals surface area contributed by atoms with Crippen LogP contribution in [0.25, 0.3) is 0 Å². The molecule has 1 aliphatic heterocycles. The third-order valence-electron chi connectivity index (χ3n) is 3.09. The molecule has 0 spiro atoms. The van der Waals surface area contributed by atoms with E-state index >= 15 is 0 Å². The summed E-state index contributed by atoms with van der Waals surface area (Å²) in [5.41, 5.74) is 1.58. The number of hydrogen-bond donors (Lipinski definition) is 2.